The molecule has 1 amide bonds. The smallest absolute Gasteiger partial charge is 0.251 e. The first-order valence-corrected chi connectivity index (χ1v) is 10.2. The number of nitrogens with zero attached hydrogens (tertiary/aromatic N) is 2. The molecule has 2 aromatic carbocycles. The van der Waals surface area contributed by atoms with E-state index in [0.29, 0.717) is 0 Å². The van der Waals surface area contributed by atoms with Crippen LogP contribution in [-0.4, -0.2) is 43.5 Å². The third-order valence-corrected chi connectivity index (χ3v) is 5.71. The van der Waals surface area contributed by atoms with E-state index in [0.717, 1.165) is 44.6 Å². The number of hydrogen-bond acceptors (Lipinski definition) is 3. The number of nitrogens with one attached hydrogen (secondary N) is 1. The molecule has 0 atom stereocenters. The van der Waals surface area contributed by atoms with E-state index in [1.54, 1.807) is 0 Å². The van der Waals surface area contributed by atoms with Crippen LogP contribution in [0.2, 0.25) is 0 Å². The molecule has 142 valence electrons. The third-order valence-electron chi connectivity index (χ3n) is 5.71. The van der Waals surface area contributed by atoms with Gasteiger partial charge in [-0.3, -0.25) is 4.79 Å². The maximum absolute atomic E-state index is 12.3. The summed E-state index contributed by atoms with van der Waals surface area (Å²) < 4.78 is 0. The van der Waals surface area contributed by atoms with Gasteiger partial charge in [-0.05, 0) is 74.6 Å². The molecule has 4 heteroatoms. The fourth-order valence-electron chi connectivity index (χ4n) is 4.17. The van der Waals surface area contributed by atoms with Crippen LogP contribution in [0.15, 0.2) is 48.5 Å². The van der Waals surface area contributed by atoms with Crippen LogP contribution in [-0.2, 0) is 13.0 Å². The van der Waals surface area contributed by atoms with E-state index in [1.165, 1.54) is 42.7 Å². The minimum absolute atomic E-state index is 0.0366. The van der Waals surface area contributed by atoms with Crippen molar-refractivity contribution < 1.29 is 4.79 Å². The van der Waals surface area contributed by atoms with Crippen molar-refractivity contribution in [2.45, 2.75) is 32.2 Å². The van der Waals surface area contributed by atoms with Gasteiger partial charge in [0.2, 0.25) is 0 Å². The predicted molar refractivity (Wildman–Crippen MR) is 110 cm³/mol. The molecule has 2 aliphatic heterocycles. The van der Waals surface area contributed by atoms with Gasteiger partial charge >= 0.3 is 0 Å². The number of benzene rings is 2. The van der Waals surface area contributed by atoms with Crippen molar-refractivity contribution in [3.05, 3.63) is 65.2 Å². The zero-order valence-electron chi connectivity index (χ0n) is 16.0. The fourth-order valence-corrected chi connectivity index (χ4v) is 4.17. The first-order chi connectivity index (χ1) is 13.3. The molecule has 1 fully saturated rings. The van der Waals surface area contributed by atoms with Crippen molar-refractivity contribution in [2.24, 2.45) is 0 Å². The summed E-state index contributed by atoms with van der Waals surface area (Å²) in [5.41, 5.74) is 4.78. The molecule has 1 N–H and O–H groups in total. The van der Waals surface area contributed by atoms with E-state index >= 15 is 0 Å². The number of anilines is 1. The number of carbonyl (C=O) groups is 1. The quantitative estimate of drug-likeness (QED) is 0.765. The Balaban J connectivity index is 1.25. The van der Waals surface area contributed by atoms with E-state index in [2.05, 4.69) is 51.5 Å². The Bertz CT molecular complexity index is 765. The summed E-state index contributed by atoms with van der Waals surface area (Å²) in [4.78, 5) is 17.2. The summed E-state index contributed by atoms with van der Waals surface area (Å²) in [6.45, 7) is 6.25. The number of hydrogen-bond donors (Lipinski definition) is 1. The Morgan fingerprint density at radius 3 is 2.56 bits per heavy atom. The molecule has 0 aliphatic carbocycles. The monoisotopic (exact) mass is 363 g/mol. The Morgan fingerprint density at radius 2 is 1.74 bits per heavy atom. The lowest BCUT2D eigenvalue weighted by molar-refractivity contribution is 0.0952. The molecule has 1 saturated heterocycles. The second kappa shape index (κ2) is 8.57. The topological polar surface area (TPSA) is 35.6 Å². The summed E-state index contributed by atoms with van der Waals surface area (Å²) in [7, 11) is 0. The van der Waals surface area contributed by atoms with Crippen molar-refractivity contribution >= 4 is 11.6 Å². The molecule has 4 rings (SSSR count). The number of fused-ring (bicyclic) bond motifs is 1. The van der Waals surface area contributed by atoms with Crippen LogP contribution in [0.3, 0.4) is 0 Å². The lowest BCUT2D eigenvalue weighted by atomic mass is 10.1. The van der Waals surface area contributed by atoms with Gasteiger partial charge in [-0.1, -0.05) is 30.3 Å². The van der Waals surface area contributed by atoms with Crippen LogP contribution in [0.5, 0.6) is 0 Å². The van der Waals surface area contributed by atoms with Gasteiger partial charge in [-0.15, -0.1) is 0 Å². The van der Waals surface area contributed by atoms with Crippen molar-refractivity contribution in [1.29, 1.82) is 0 Å². The Morgan fingerprint density at radius 1 is 0.963 bits per heavy atom. The third kappa shape index (κ3) is 4.51. The van der Waals surface area contributed by atoms with E-state index in [1.807, 2.05) is 12.1 Å². The molecule has 0 bridgehead atoms. The second-order valence-electron chi connectivity index (χ2n) is 7.66. The molecule has 2 aromatic rings. The highest BCUT2D eigenvalue weighted by Crippen LogP contribution is 2.28. The number of rotatable bonds is 7. The largest absolute Gasteiger partial charge is 0.367 e. The minimum Gasteiger partial charge on any atom is -0.367 e. The summed E-state index contributed by atoms with van der Waals surface area (Å²) in [5, 5.41) is 3.05. The summed E-state index contributed by atoms with van der Waals surface area (Å²) >= 11 is 0. The Hall–Kier alpha value is -2.33. The minimum atomic E-state index is 0.0366. The lowest BCUT2D eigenvalue weighted by Crippen LogP contribution is -2.28. The molecule has 2 aliphatic rings. The normalized spacial score (nSPS) is 16.5. The predicted octanol–water partition coefficient (Wildman–Crippen LogP) is 3.47. The zero-order chi connectivity index (χ0) is 18.5. The first-order valence-electron chi connectivity index (χ1n) is 10.2. The Kier molecular flexibility index (Phi) is 5.73. The first kappa shape index (κ1) is 18.1. The lowest BCUT2D eigenvalue weighted by Gasteiger charge is -2.19. The van der Waals surface area contributed by atoms with Crippen LogP contribution in [0.1, 0.15) is 40.7 Å². The molecule has 0 radical (unpaired) electrons. The average molecular weight is 364 g/mol. The second-order valence-corrected chi connectivity index (χ2v) is 7.66. The van der Waals surface area contributed by atoms with Gasteiger partial charge in [0.25, 0.3) is 5.91 Å². The van der Waals surface area contributed by atoms with Gasteiger partial charge in [0.05, 0.1) is 0 Å². The van der Waals surface area contributed by atoms with Crippen molar-refractivity contribution in [2.75, 3.05) is 37.6 Å². The molecule has 27 heavy (non-hydrogen) atoms. The molecule has 4 nitrogen and oxygen atoms in total. The van der Waals surface area contributed by atoms with Gasteiger partial charge in [0, 0.05) is 30.9 Å². The molecular formula is C23H29N3O. The maximum atomic E-state index is 12.3. The van der Waals surface area contributed by atoms with Crippen molar-refractivity contribution in [3.63, 3.8) is 0 Å². The van der Waals surface area contributed by atoms with Crippen LogP contribution in [0.25, 0.3) is 0 Å². The highest BCUT2D eigenvalue weighted by atomic mass is 16.1. The van der Waals surface area contributed by atoms with E-state index < -0.39 is 0 Å². The van der Waals surface area contributed by atoms with E-state index in [4.69, 9.17) is 0 Å². The highest BCUT2D eigenvalue weighted by Gasteiger charge is 2.18. The van der Waals surface area contributed by atoms with Crippen molar-refractivity contribution in [1.82, 2.24) is 10.2 Å². The summed E-state index contributed by atoms with van der Waals surface area (Å²) in [6.07, 6.45) is 4.79. The number of para-hydroxylation sites is 1. The van der Waals surface area contributed by atoms with Crippen LogP contribution >= 0.6 is 0 Å². The summed E-state index contributed by atoms with van der Waals surface area (Å²) in [6, 6.07) is 16.7. The molecule has 0 saturated carbocycles. The number of carbonyl (C=O) groups excluding carboxylic acids is 1. The fraction of sp³-hybridized carbons (Fsp3) is 0.435. The number of amides is 1. The molecule has 0 aromatic heterocycles. The van der Waals surface area contributed by atoms with E-state index in [9.17, 15) is 4.79 Å². The molecule has 0 unspecified atom stereocenters. The average Bonchev–Trinajstić information content (AvgIpc) is 3.36. The van der Waals surface area contributed by atoms with Gasteiger partial charge in [-0.25, -0.2) is 0 Å². The molecule has 2 heterocycles. The molecule has 0 spiro atoms. The summed E-state index contributed by atoms with van der Waals surface area (Å²) in [5.74, 6) is 0.0366. The van der Waals surface area contributed by atoms with Gasteiger partial charge in [-0.2, -0.15) is 0 Å². The van der Waals surface area contributed by atoms with Crippen molar-refractivity contribution in [3.8, 4) is 0 Å². The van der Waals surface area contributed by atoms with E-state index in [-0.39, 0.29) is 5.91 Å². The standard InChI is InChI=1S/C23H29N3O/c27-23(24-13-5-16-25-14-3-4-15-25)21-10-8-19(9-11-21)18-26-17-12-20-6-1-2-7-22(20)26/h1-2,6-11H,3-5,12-18H2,(H,24,27). The Labute approximate surface area is 162 Å². The highest BCUT2D eigenvalue weighted by molar-refractivity contribution is 5.94. The van der Waals surface area contributed by atoms with Crippen LogP contribution < -0.4 is 10.2 Å². The van der Waals surface area contributed by atoms with Gasteiger partial charge in [0.15, 0.2) is 0 Å². The SMILES string of the molecule is O=C(NCCCN1CCCC1)c1ccc(CN2CCc3ccccc32)cc1. The van der Waals surface area contributed by atoms with Crippen LogP contribution in [0.4, 0.5) is 5.69 Å². The van der Waals surface area contributed by atoms with Gasteiger partial charge < -0.3 is 15.1 Å². The zero-order valence-corrected chi connectivity index (χ0v) is 16.0. The van der Waals surface area contributed by atoms with Crippen LogP contribution in [0, 0.1) is 0 Å². The number of likely N-dealkylation sites (tertiary alicyclic amines) is 1. The molecular weight excluding hydrogens is 334 g/mol. The maximum Gasteiger partial charge on any atom is 0.251 e. The van der Waals surface area contributed by atoms with Gasteiger partial charge in [0.1, 0.15) is 0 Å².